The molecule has 0 atom stereocenters. The minimum Gasteiger partial charge on any atom is -0.404 e. The number of nitrogens with two attached hydrogens (primary N) is 2. The molecule has 3 aromatic rings. The Balaban J connectivity index is 1.66. The van der Waals surface area contributed by atoms with Crippen LogP contribution in [0, 0.1) is 0 Å². The quantitative estimate of drug-likeness (QED) is 0.424. The first-order valence-electron chi connectivity index (χ1n) is 9.88. The van der Waals surface area contributed by atoms with Gasteiger partial charge in [-0.25, -0.2) is 9.97 Å². The molecule has 12 heteroatoms. The highest BCUT2D eigenvalue weighted by molar-refractivity contribution is 5.78. The molecule has 3 rings (SSSR count). The molecule has 1 amide bonds. The van der Waals surface area contributed by atoms with Crippen LogP contribution in [0.25, 0.3) is 22.6 Å². The summed E-state index contributed by atoms with van der Waals surface area (Å²) in [5.74, 6) is 0.615. The fraction of sp³-hybridized carbons (Fsp3) is 0.238. The second-order valence-electron chi connectivity index (χ2n) is 6.97. The van der Waals surface area contributed by atoms with Crippen LogP contribution < -0.4 is 11.5 Å². The number of likely N-dealkylation sites (N-methyl/N-ethyl adjacent to an activating group) is 1. The Morgan fingerprint density at radius 2 is 2.06 bits per heavy atom. The summed E-state index contributed by atoms with van der Waals surface area (Å²) < 4.78 is 11.8. The monoisotopic (exact) mass is 451 g/mol. The number of methoxy groups -OCH3 is 1. The SMILES string of the molecule is C=C(/C=C\C(=C/N)c1noc(-c2cnn(CC(=O)N(C)CCOC)c2)n1)c1cnc(N)nc1. The Kier molecular flexibility index (Phi) is 7.65. The smallest absolute Gasteiger partial charge is 0.261 e. The number of anilines is 1. The van der Waals surface area contributed by atoms with Crippen molar-refractivity contribution in [2.45, 2.75) is 6.54 Å². The summed E-state index contributed by atoms with van der Waals surface area (Å²) in [5.41, 5.74) is 13.7. The lowest BCUT2D eigenvalue weighted by Crippen LogP contribution is -2.32. The molecule has 0 aliphatic heterocycles. The fourth-order valence-electron chi connectivity index (χ4n) is 2.63. The minimum atomic E-state index is -0.0989. The Morgan fingerprint density at radius 1 is 1.30 bits per heavy atom. The van der Waals surface area contributed by atoms with Gasteiger partial charge in [-0.1, -0.05) is 17.8 Å². The number of hydrogen-bond donors (Lipinski definition) is 2. The van der Waals surface area contributed by atoms with Gasteiger partial charge in [-0.3, -0.25) is 9.48 Å². The highest BCUT2D eigenvalue weighted by Crippen LogP contribution is 2.21. The van der Waals surface area contributed by atoms with Crippen LogP contribution in [0.5, 0.6) is 0 Å². The number of ether oxygens (including phenoxy) is 1. The van der Waals surface area contributed by atoms with E-state index in [9.17, 15) is 4.79 Å². The van der Waals surface area contributed by atoms with Gasteiger partial charge in [0.15, 0.2) is 0 Å². The molecule has 0 aromatic carbocycles. The zero-order valence-corrected chi connectivity index (χ0v) is 18.4. The minimum absolute atomic E-state index is 0.0782. The van der Waals surface area contributed by atoms with E-state index < -0.39 is 0 Å². The van der Waals surface area contributed by atoms with Crippen molar-refractivity contribution < 1.29 is 14.1 Å². The molecule has 0 saturated heterocycles. The van der Waals surface area contributed by atoms with Crippen molar-refractivity contribution in [3.63, 3.8) is 0 Å². The first-order valence-corrected chi connectivity index (χ1v) is 9.88. The molecule has 4 N–H and O–H groups in total. The third-order valence-corrected chi connectivity index (χ3v) is 4.60. The highest BCUT2D eigenvalue weighted by Gasteiger charge is 2.15. The van der Waals surface area contributed by atoms with Crippen LogP contribution in [0.3, 0.4) is 0 Å². The summed E-state index contributed by atoms with van der Waals surface area (Å²) in [4.78, 5) is 26.1. The number of amides is 1. The van der Waals surface area contributed by atoms with Crippen molar-refractivity contribution in [2.24, 2.45) is 5.73 Å². The van der Waals surface area contributed by atoms with E-state index in [2.05, 4.69) is 31.8 Å². The summed E-state index contributed by atoms with van der Waals surface area (Å²) >= 11 is 0. The molecule has 0 fully saturated rings. The van der Waals surface area contributed by atoms with E-state index in [1.54, 1.807) is 56.0 Å². The maximum Gasteiger partial charge on any atom is 0.261 e. The van der Waals surface area contributed by atoms with E-state index in [1.165, 1.54) is 10.9 Å². The van der Waals surface area contributed by atoms with Crippen molar-refractivity contribution in [1.82, 2.24) is 34.8 Å². The Bertz CT molecular complexity index is 1160. The van der Waals surface area contributed by atoms with Crippen molar-refractivity contribution in [1.29, 1.82) is 0 Å². The Labute approximate surface area is 190 Å². The summed E-state index contributed by atoms with van der Waals surface area (Å²) in [6.07, 6.45) is 11.1. The van der Waals surface area contributed by atoms with E-state index >= 15 is 0 Å². The van der Waals surface area contributed by atoms with Crippen LogP contribution in [-0.2, 0) is 16.1 Å². The first-order chi connectivity index (χ1) is 15.9. The average Bonchev–Trinajstić information content (AvgIpc) is 3.48. The van der Waals surface area contributed by atoms with Crippen LogP contribution in [0.15, 0.2) is 54.2 Å². The molecule has 0 saturated carbocycles. The van der Waals surface area contributed by atoms with Gasteiger partial charge in [-0.2, -0.15) is 10.1 Å². The highest BCUT2D eigenvalue weighted by atomic mass is 16.5. The van der Waals surface area contributed by atoms with Crippen molar-refractivity contribution >= 4 is 23.0 Å². The zero-order chi connectivity index (χ0) is 23.8. The fourth-order valence-corrected chi connectivity index (χ4v) is 2.63. The van der Waals surface area contributed by atoms with Crippen LogP contribution in [-0.4, -0.2) is 68.0 Å². The van der Waals surface area contributed by atoms with Gasteiger partial charge in [0.1, 0.15) is 6.54 Å². The lowest BCUT2D eigenvalue weighted by atomic mass is 10.1. The van der Waals surface area contributed by atoms with Gasteiger partial charge in [0, 0.05) is 56.6 Å². The molecule has 0 aliphatic rings. The molecule has 172 valence electrons. The summed E-state index contributed by atoms with van der Waals surface area (Å²) in [6, 6.07) is 0. The summed E-state index contributed by atoms with van der Waals surface area (Å²) in [7, 11) is 3.29. The number of carbonyl (C=O) groups excluding carboxylic acids is 1. The maximum absolute atomic E-state index is 12.3. The molecule has 3 heterocycles. The Hall–Kier alpha value is -4.32. The molecule has 0 aliphatic carbocycles. The van der Waals surface area contributed by atoms with Crippen LogP contribution in [0.2, 0.25) is 0 Å². The third-order valence-electron chi connectivity index (χ3n) is 4.60. The molecule has 0 unspecified atom stereocenters. The number of carbonyl (C=O) groups is 1. The van der Waals surface area contributed by atoms with Crippen LogP contribution in [0.4, 0.5) is 5.95 Å². The number of hydrogen-bond acceptors (Lipinski definition) is 10. The van der Waals surface area contributed by atoms with Crippen molar-refractivity contribution in [3.05, 3.63) is 61.1 Å². The van der Waals surface area contributed by atoms with Crippen LogP contribution in [0.1, 0.15) is 11.4 Å². The van der Waals surface area contributed by atoms with E-state index in [0.29, 0.717) is 35.4 Å². The van der Waals surface area contributed by atoms with Crippen molar-refractivity contribution in [3.8, 4) is 11.5 Å². The zero-order valence-electron chi connectivity index (χ0n) is 18.4. The number of nitrogen functional groups attached to an aromatic ring is 1. The number of rotatable bonds is 10. The van der Waals surface area contributed by atoms with Gasteiger partial charge in [0.2, 0.25) is 17.7 Å². The van der Waals surface area contributed by atoms with Gasteiger partial charge in [-0.05, 0) is 11.6 Å². The number of nitrogens with zero attached hydrogens (tertiary/aromatic N) is 7. The molecule has 12 nitrogen and oxygen atoms in total. The topological polar surface area (TPSA) is 164 Å². The maximum atomic E-state index is 12.3. The third kappa shape index (κ3) is 6.11. The average molecular weight is 451 g/mol. The molecule has 0 radical (unpaired) electrons. The molecule has 33 heavy (non-hydrogen) atoms. The summed E-state index contributed by atoms with van der Waals surface area (Å²) in [6.45, 7) is 5.01. The molecular formula is C21H25N9O3. The van der Waals surface area contributed by atoms with Gasteiger partial charge < -0.3 is 25.6 Å². The second-order valence-corrected chi connectivity index (χ2v) is 6.97. The number of allylic oxidation sites excluding steroid dienone is 4. The van der Waals surface area contributed by atoms with Gasteiger partial charge >= 0.3 is 0 Å². The Morgan fingerprint density at radius 3 is 2.76 bits per heavy atom. The molecule has 0 bridgehead atoms. The van der Waals surface area contributed by atoms with Crippen LogP contribution >= 0.6 is 0 Å². The summed E-state index contributed by atoms with van der Waals surface area (Å²) in [5, 5.41) is 8.17. The van der Waals surface area contributed by atoms with E-state index in [-0.39, 0.29) is 30.1 Å². The predicted octanol–water partition coefficient (Wildman–Crippen LogP) is 0.979. The van der Waals surface area contributed by atoms with Gasteiger partial charge in [-0.15, -0.1) is 0 Å². The standard InChI is InChI=1S/C21H25N9O3/c1-14(16-9-24-21(23)25-10-16)4-5-15(8-22)19-27-20(33-28-19)17-11-26-30(12-17)13-18(31)29(2)6-7-32-3/h4-5,8-12H,1,6-7,13,22H2,2-3H3,(H2,23,24,25)/b5-4-,15-8+. The predicted molar refractivity (Wildman–Crippen MR) is 122 cm³/mol. The van der Waals surface area contributed by atoms with Gasteiger partial charge in [0.25, 0.3) is 5.89 Å². The normalized spacial score (nSPS) is 11.8. The van der Waals surface area contributed by atoms with E-state index in [1.807, 2.05) is 0 Å². The molecular weight excluding hydrogens is 426 g/mol. The lowest BCUT2D eigenvalue weighted by molar-refractivity contribution is -0.131. The lowest BCUT2D eigenvalue weighted by Gasteiger charge is -2.16. The van der Waals surface area contributed by atoms with E-state index in [0.717, 1.165) is 0 Å². The van der Waals surface area contributed by atoms with E-state index in [4.69, 9.17) is 20.7 Å². The largest absolute Gasteiger partial charge is 0.404 e. The molecule has 0 spiro atoms. The van der Waals surface area contributed by atoms with Gasteiger partial charge in [0.05, 0.1) is 18.4 Å². The van der Waals surface area contributed by atoms with Crippen molar-refractivity contribution in [2.75, 3.05) is 33.0 Å². The molecule has 3 aromatic heterocycles. The second kappa shape index (κ2) is 10.8. The first kappa shape index (κ1) is 23.3. The number of aromatic nitrogens is 6.